The van der Waals surface area contributed by atoms with Crippen LogP contribution in [0.2, 0.25) is 0 Å². The molecule has 0 unspecified atom stereocenters. The molecule has 3 heteroatoms. The van der Waals surface area contributed by atoms with Crippen molar-refractivity contribution >= 4 is 0 Å². The van der Waals surface area contributed by atoms with E-state index in [-0.39, 0.29) is 5.54 Å². The summed E-state index contributed by atoms with van der Waals surface area (Å²) in [5.74, 6) is 0. The summed E-state index contributed by atoms with van der Waals surface area (Å²) in [6.45, 7) is 9.13. The first-order valence-corrected chi connectivity index (χ1v) is 5.44. The molecule has 15 heavy (non-hydrogen) atoms. The molecule has 0 bridgehead atoms. The van der Waals surface area contributed by atoms with Crippen molar-refractivity contribution in [1.29, 1.82) is 0 Å². The van der Waals surface area contributed by atoms with Gasteiger partial charge < -0.3 is 5.73 Å². The third kappa shape index (κ3) is 3.29. The number of rotatable bonds is 5. The van der Waals surface area contributed by atoms with Crippen molar-refractivity contribution in [3.05, 3.63) is 30.1 Å². The molecule has 0 fully saturated rings. The first kappa shape index (κ1) is 12.1. The standard InChI is InChI=1S/C12H21N3/c1-4-15(12(2,3)10-13)9-11-5-7-14-8-6-11/h5-8H,4,9-10,13H2,1-3H3. The number of likely N-dealkylation sites (N-methyl/N-ethyl adjacent to an activating group) is 1. The first-order chi connectivity index (χ1) is 7.10. The van der Waals surface area contributed by atoms with Crippen LogP contribution in [0, 0.1) is 0 Å². The number of nitrogens with two attached hydrogens (primary N) is 1. The fourth-order valence-corrected chi connectivity index (χ4v) is 1.59. The highest BCUT2D eigenvalue weighted by atomic mass is 15.2. The van der Waals surface area contributed by atoms with E-state index in [0.717, 1.165) is 13.1 Å². The van der Waals surface area contributed by atoms with Gasteiger partial charge in [0, 0.05) is 31.0 Å². The molecule has 0 saturated heterocycles. The molecule has 0 radical (unpaired) electrons. The van der Waals surface area contributed by atoms with E-state index in [1.54, 1.807) is 0 Å². The first-order valence-electron chi connectivity index (χ1n) is 5.44. The van der Waals surface area contributed by atoms with E-state index in [2.05, 4.69) is 42.8 Å². The quantitative estimate of drug-likeness (QED) is 0.798. The molecule has 0 amide bonds. The molecule has 84 valence electrons. The van der Waals surface area contributed by atoms with Crippen molar-refractivity contribution in [3.8, 4) is 0 Å². The lowest BCUT2D eigenvalue weighted by Gasteiger charge is -2.37. The van der Waals surface area contributed by atoms with E-state index in [9.17, 15) is 0 Å². The Balaban J connectivity index is 2.70. The lowest BCUT2D eigenvalue weighted by atomic mass is 10.0. The second kappa shape index (κ2) is 5.24. The Hall–Kier alpha value is -0.930. The van der Waals surface area contributed by atoms with Crippen LogP contribution in [0.25, 0.3) is 0 Å². The van der Waals surface area contributed by atoms with E-state index in [1.165, 1.54) is 5.56 Å². The number of hydrogen-bond acceptors (Lipinski definition) is 3. The summed E-state index contributed by atoms with van der Waals surface area (Å²) in [6, 6.07) is 4.10. The van der Waals surface area contributed by atoms with E-state index in [4.69, 9.17) is 5.73 Å². The maximum Gasteiger partial charge on any atom is 0.0278 e. The van der Waals surface area contributed by atoms with Gasteiger partial charge in [0.15, 0.2) is 0 Å². The van der Waals surface area contributed by atoms with Crippen molar-refractivity contribution in [2.75, 3.05) is 13.1 Å². The molecule has 0 aliphatic heterocycles. The van der Waals surface area contributed by atoms with Gasteiger partial charge in [0.25, 0.3) is 0 Å². The van der Waals surface area contributed by atoms with Crippen molar-refractivity contribution in [1.82, 2.24) is 9.88 Å². The van der Waals surface area contributed by atoms with E-state index in [1.807, 2.05) is 12.4 Å². The van der Waals surface area contributed by atoms with Crippen LogP contribution < -0.4 is 5.73 Å². The van der Waals surface area contributed by atoms with Gasteiger partial charge in [0.05, 0.1) is 0 Å². The Labute approximate surface area is 92.3 Å². The molecule has 0 saturated carbocycles. The van der Waals surface area contributed by atoms with Gasteiger partial charge in [0.2, 0.25) is 0 Å². The summed E-state index contributed by atoms with van der Waals surface area (Å²) in [5, 5.41) is 0. The minimum atomic E-state index is 0.0536. The van der Waals surface area contributed by atoms with Gasteiger partial charge in [-0.05, 0) is 38.1 Å². The van der Waals surface area contributed by atoms with Crippen LogP contribution >= 0.6 is 0 Å². The number of aromatic nitrogens is 1. The Kier molecular flexibility index (Phi) is 4.24. The number of nitrogens with zero attached hydrogens (tertiary/aromatic N) is 2. The SMILES string of the molecule is CCN(Cc1ccncc1)C(C)(C)CN. The van der Waals surface area contributed by atoms with Gasteiger partial charge >= 0.3 is 0 Å². The normalized spacial score (nSPS) is 12.1. The van der Waals surface area contributed by atoms with Gasteiger partial charge in [-0.25, -0.2) is 0 Å². The molecule has 1 aromatic rings. The van der Waals surface area contributed by atoms with E-state index in [0.29, 0.717) is 6.54 Å². The van der Waals surface area contributed by atoms with Crippen molar-refractivity contribution in [3.63, 3.8) is 0 Å². The van der Waals surface area contributed by atoms with Crippen LogP contribution in [0.5, 0.6) is 0 Å². The largest absolute Gasteiger partial charge is 0.329 e. The molecule has 1 aromatic heterocycles. The number of pyridine rings is 1. The summed E-state index contributed by atoms with van der Waals surface area (Å²) < 4.78 is 0. The highest BCUT2D eigenvalue weighted by Crippen LogP contribution is 2.15. The topological polar surface area (TPSA) is 42.2 Å². The maximum atomic E-state index is 5.78. The zero-order valence-electron chi connectivity index (χ0n) is 9.90. The van der Waals surface area contributed by atoms with Crippen LogP contribution in [0.15, 0.2) is 24.5 Å². The summed E-state index contributed by atoms with van der Waals surface area (Å²) >= 11 is 0. The summed E-state index contributed by atoms with van der Waals surface area (Å²) in [4.78, 5) is 6.39. The zero-order valence-corrected chi connectivity index (χ0v) is 9.90. The molecular formula is C12H21N3. The third-order valence-electron chi connectivity index (χ3n) is 2.86. The van der Waals surface area contributed by atoms with Crippen LogP contribution in [0.3, 0.4) is 0 Å². The summed E-state index contributed by atoms with van der Waals surface area (Å²) in [7, 11) is 0. The van der Waals surface area contributed by atoms with Crippen molar-refractivity contribution in [2.45, 2.75) is 32.9 Å². The summed E-state index contributed by atoms with van der Waals surface area (Å²) in [5.41, 5.74) is 7.12. The number of hydrogen-bond donors (Lipinski definition) is 1. The Morgan fingerprint density at radius 3 is 2.40 bits per heavy atom. The lowest BCUT2D eigenvalue weighted by Crippen LogP contribution is -2.48. The molecule has 1 heterocycles. The molecular weight excluding hydrogens is 186 g/mol. The van der Waals surface area contributed by atoms with E-state index >= 15 is 0 Å². The fourth-order valence-electron chi connectivity index (χ4n) is 1.59. The average Bonchev–Trinajstić information content (AvgIpc) is 2.27. The van der Waals surface area contributed by atoms with Gasteiger partial charge in [-0.15, -0.1) is 0 Å². The van der Waals surface area contributed by atoms with Crippen molar-refractivity contribution < 1.29 is 0 Å². The lowest BCUT2D eigenvalue weighted by molar-refractivity contribution is 0.126. The Morgan fingerprint density at radius 2 is 1.93 bits per heavy atom. The highest BCUT2D eigenvalue weighted by molar-refractivity contribution is 5.10. The Bertz CT molecular complexity index is 282. The fraction of sp³-hybridized carbons (Fsp3) is 0.583. The molecule has 0 aliphatic carbocycles. The van der Waals surface area contributed by atoms with Gasteiger partial charge in [-0.2, -0.15) is 0 Å². The third-order valence-corrected chi connectivity index (χ3v) is 2.86. The summed E-state index contributed by atoms with van der Waals surface area (Å²) in [6.07, 6.45) is 3.66. The zero-order chi connectivity index (χ0) is 11.3. The van der Waals surface area contributed by atoms with Crippen LogP contribution in [0.4, 0.5) is 0 Å². The highest BCUT2D eigenvalue weighted by Gasteiger charge is 2.23. The second-order valence-corrected chi connectivity index (χ2v) is 4.39. The molecule has 0 aromatic carbocycles. The molecule has 2 N–H and O–H groups in total. The van der Waals surface area contributed by atoms with E-state index < -0.39 is 0 Å². The van der Waals surface area contributed by atoms with Crippen LogP contribution in [-0.2, 0) is 6.54 Å². The maximum absolute atomic E-state index is 5.78. The van der Waals surface area contributed by atoms with Gasteiger partial charge in [-0.3, -0.25) is 9.88 Å². The average molecular weight is 207 g/mol. The second-order valence-electron chi connectivity index (χ2n) is 4.39. The minimum Gasteiger partial charge on any atom is -0.329 e. The minimum absolute atomic E-state index is 0.0536. The Morgan fingerprint density at radius 1 is 1.33 bits per heavy atom. The van der Waals surface area contributed by atoms with Crippen LogP contribution in [0.1, 0.15) is 26.3 Å². The molecule has 3 nitrogen and oxygen atoms in total. The predicted molar refractivity (Wildman–Crippen MR) is 63.5 cm³/mol. The molecule has 0 atom stereocenters. The molecule has 0 spiro atoms. The molecule has 1 rings (SSSR count). The monoisotopic (exact) mass is 207 g/mol. The van der Waals surface area contributed by atoms with Crippen LogP contribution in [-0.4, -0.2) is 28.5 Å². The smallest absolute Gasteiger partial charge is 0.0278 e. The van der Waals surface area contributed by atoms with Gasteiger partial charge in [-0.1, -0.05) is 6.92 Å². The van der Waals surface area contributed by atoms with Gasteiger partial charge in [0.1, 0.15) is 0 Å². The predicted octanol–water partition coefficient (Wildman–Crippen LogP) is 1.64. The molecule has 0 aliphatic rings. The van der Waals surface area contributed by atoms with Crippen molar-refractivity contribution in [2.24, 2.45) is 5.73 Å².